The summed E-state index contributed by atoms with van der Waals surface area (Å²) in [6, 6.07) is 6.97. The lowest BCUT2D eigenvalue weighted by Gasteiger charge is -2.32. The van der Waals surface area contributed by atoms with Crippen molar-refractivity contribution in [3.05, 3.63) is 35.4 Å². The molecule has 1 aliphatic heterocycles. The van der Waals surface area contributed by atoms with Gasteiger partial charge in [0.2, 0.25) is 11.8 Å². The fourth-order valence-electron chi connectivity index (χ4n) is 2.94. The Labute approximate surface area is 148 Å². The molecule has 6 nitrogen and oxygen atoms in total. The number of carbonyl (C=O) groups is 3. The Bertz CT molecular complexity index is 617. The van der Waals surface area contributed by atoms with Gasteiger partial charge in [-0.25, -0.2) is 4.79 Å². The van der Waals surface area contributed by atoms with Crippen LogP contribution in [-0.4, -0.2) is 42.9 Å². The van der Waals surface area contributed by atoms with Gasteiger partial charge < -0.3 is 15.0 Å². The normalized spacial score (nSPS) is 15.1. The topological polar surface area (TPSA) is 75.7 Å². The van der Waals surface area contributed by atoms with Crippen LogP contribution in [0.25, 0.3) is 0 Å². The summed E-state index contributed by atoms with van der Waals surface area (Å²) in [5, 5.41) is 2.94. The minimum Gasteiger partial charge on any atom is -0.465 e. The van der Waals surface area contributed by atoms with E-state index in [-0.39, 0.29) is 29.6 Å². The van der Waals surface area contributed by atoms with Crippen molar-refractivity contribution in [1.82, 2.24) is 10.2 Å². The van der Waals surface area contributed by atoms with Crippen molar-refractivity contribution in [2.24, 2.45) is 11.8 Å². The predicted octanol–water partition coefficient (Wildman–Crippen LogP) is 1.98. The van der Waals surface area contributed by atoms with Gasteiger partial charge in [0.1, 0.15) is 0 Å². The molecule has 0 atom stereocenters. The highest BCUT2D eigenvalue weighted by Gasteiger charge is 2.27. The molecule has 1 fully saturated rings. The second kappa shape index (κ2) is 8.65. The summed E-state index contributed by atoms with van der Waals surface area (Å²) >= 11 is 0. The van der Waals surface area contributed by atoms with Crippen molar-refractivity contribution in [1.29, 1.82) is 0 Å². The second-order valence-electron chi connectivity index (χ2n) is 6.66. The zero-order valence-electron chi connectivity index (χ0n) is 15.1. The molecule has 1 aliphatic rings. The number of benzene rings is 1. The molecule has 1 heterocycles. The molecule has 0 bridgehead atoms. The predicted molar refractivity (Wildman–Crippen MR) is 93.8 cm³/mol. The van der Waals surface area contributed by atoms with Crippen molar-refractivity contribution in [2.75, 3.05) is 20.2 Å². The Morgan fingerprint density at radius 3 is 2.28 bits per heavy atom. The van der Waals surface area contributed by atoms with Gasteiger partial charge in [0, 0.05) is 31.5 Å². The van der Waals surface area contributed by atoms with Crippen molar-refractivity contribution in [2.45, 2.75) is 33.2 Å². The molecule has 0 spiro atoms. The summed E-state index contributed by atoms with van der Waals surface area (Å²) in [4.78, 5) is 37.5. The van der Waals surface area contributed by atoms with Gasteiger partial charge in [0.05, 0.1) is 12.7 Å². The molecular weight excluding hydrogens is 320 g/mol. The number of ether oxygens (including phenoxy) is 1. The van der Waals surface area contributed by atoms with E-state index in [0.717, 1.165) is 5.56 Å². The van der Waals surface area contributed by atoms with Crippen LogP contribution in [0.3, 0.4) is 0 Å². The zero-order valence-corrected chi connectivity index (χ0v) is 15.1. The summed E-state index contributed by atoms with van der Waals surface area (Å²) in [5.74, 6) is -0.250. The average Bonchev–Trinajstić information content (AvgIpc) is 2.65. The van der Waals surface area contributed by atoms with Gasteiger partial charge >= 0.3 is 5.97 Å². The van der Waals surface area contributed by atoms with Crippen LogP contribution in [0, 0.1) is 11.8 Å². The molecular formula is C19H26N2O4. The van der Waals surface area contributed by atoms with Crippen molar-refractivity contribution < 1.29 is 19.1 Å². The number of hydrogen-bond donors (Lipinski definition) is 1. The second-order valence-corrected chi connectivity index (χ2v) is 6.66. The minimum absolute atomic E-state index is 0.00154. The highest BCUT2D eigenvalue weighted by atomic mass is 16.5. The fourth-order valence-corrected chi connectivity index (χ4v) is 2.94. The summed E-state index contributed by atoms with van der Waals surface area (Å²) in [5.41, 5.74) is 1.41. The van der Waals surface area contributed by atoms with Crippen LogP contribution >= 0.6 is 0 Å². The molecule has 0 unspecified atom stereocenters. The lowest BCUT2D eigenvalue weighted by atomic mass is 9.95. The lowest BCUT2D eigenvalue weighted by Crippen LogP contribution is -2.44. The summed E-state index contributed by atoms with van der Waals surface area (Å²) in [6.07, 6.45) is 1.40. The highest BCUT2D eigenvalue weighted by molar-refractivity contribution is 5.89. The van der Waals surface area contributed by atoms with Gasteiger partial charge in [-0.1, -0.05) is 26.0 Å². The molecule has 25 heavy (non-hydrogen) atoms. The molecule has 1 N–H and O–H groups in total. The van der Waals surface area contributed by atoms with E-state index in [1.165, 1.54) is 7.11 Å². The fraction of sp³-hybridized carbons (Fsp3) is 0.526. The monoisotopic (exact) mass is 346 g/mol. The number of carbonyl (C=O) groups excluding carboxylic acids is 3. The number of nitrogens with zero attached hydrogens (tertiary/aromatic N) is 1. The van der Waals surface area contributed by atoms with E-state index < -0.39 is 0 Å². The number of likely N-dealkylation sites (tertiary alicyclic amines) is 1. The standard InChI is InChI=1S/C19H26N2O4/c1-13(2)18(23)21-10-8-15(9-11-21)17(22)20-12-14-4-6-16(7-5-14)19(24)25-3/h4-7,13,15H,8-12H2,1-3H3,(H,20,22). The first-order valence-corrected chi connectivity index (χ1v) is 8.66. The average molecular weight is 346 g/mol. The van der Waals surface area contributed by atoms with Gasteiger partial charge in [0.15, 0.2) is 0 Å². The third-order valence-electron chi connectivity index (χ3n) is 4.51. The Morgan fingerprint density at radius 2 is 1.76 bits per heavy atom. The number of amides is 2. The van der Waals surface area contributed by atoms with Crippen LogP contribution in [0.15, 0.2) is 24.3 Å². The van der Waals surface area contributed by atoms with Gasteiger partial charge in [-0.2, -0.15) is 0 Å². The first-order valence-electron chi connectivity index (χ1n) is 8.66. The first kappa shape index (κ1) is 19.0. The van der Waals surface area contributed by atoms with Gasteiger partial charge in [0.25, 0.3) is 0 Å². The van der Waals surface area contributed by atoms with Gasteiger partial charge in [-0.3, -0.25) is 9.59 Å². The van der Waals surface area contributed by atoms with E-state index in [4.69, 9.17) is 0 Å². The molecule has 2 rings (SSSR count). The van der Waals surface area contributed by atoms with E-state index in [1.54, 1.807) is 24.3 Å². The van der Waals surface area contributed by atoms with Crippen molar-refractivity contribution in [3.8, 4) is 0 Å². The van der Waals surface area contributed by atoms with Crippen LogP contribution in [0.5, 0.6) is 0 Å². The molecule has 1 aromatic rings. The Balaban J connectivity index is 1.79. The smallest absolute Gasteiger partial charge is 0.337 e. The first-order chi connectivity index (χ1) is 11.9. The van der Waals surface area contributed by atoms with E-state index in [9.17, 15) is 14.4 Å². The molecule has 1 saturated heterocycles. The van der Waals surface area contributed by atoms with Crippen molar-refractivity contribution in [3.63, 3.8) is 0 Å². The van der Waals surface area contributed by atoms with Crippen LogP contribution < -0.4 is 5.32 Å². The third-order valence-corrected chi connectivity index (χ3v) is 4.51. The number of piperidine rings is 1. The lowest BCUT2D eigenvalue weighted by molar-refractivity contribution is -0.138. The molecule has 0 radical (unpaired) electrons. The molecule has 0 aromatic heterocycles. The Hall–Kier alpha value is -2.37. The molecule has 0 saturated carbocycles. The maximum Gasteiger partial charge on any atom is 0.337 e. The van der Waals surface area contributed by atoms with Gasteiger partial charge in [-0.05, 0) is 30.5 Å². The minimum atomic E-state index is -0.377. The highest BCUT2D eigenvalue weighted by Crippen LogP contribution is 2.19. The molecule has 2 amide bonds. The Kier molecular flexibility index (Phi) is 6.56. The van der Waals surface area contributed by atoms with E-state index in [1.807, 2.05) is 18.7 Å². The molecule has 1 aromatic carbocycles. The largest absolute Gasteiger partial charge is 0.465 e. The van der Waals surface area contributed by atoms with E-state index >= 15 is 0 Å². The SMILES string of the molecule is COC(=O)c1ccc(CNC(=O)C2CCN(C(=O)C(C)C)CC2)cc1. The van der Waals surface area contributed by atoms with Crippen LogP contribution in [0.2, 0.25) is 0 Å². The maximum atomic E-state index is 12.3. The number of methoxy groups -OCH3 is 1. The van der Waals surface area contributed by atoms with Crippen molar-refractivity contribution >= 4 is 17.8 Å². The number of nitrogens with one attached hydrogen (secondary N) is 1. The summed E-state index contributed by atoms with van der Waals surface area (Å²) in [7, 11) is 1.34. The van der Waals surface area contributed by atoms with Gasteiger partial charge in [-0.15, -0.1) is 0 Å². The van der Waals surface area contributed by atoms with Crippen LogP contribution in [0.1, 0.15) is 42.6 Å². The summed E-state index contributed by atoms with van der Waals surface area (Å²) < 4.78 is 4.66. The van der Waals surface area contributed by atoms with E-state index in [2.05, 4.69) is 10.1 Å². The number of esters is 1. The zero-order chi connectivity index (χ0) is 18.4. The third kappa shape index (κ3) is 5.05. The molecule has 0 aliphatic carbocycles. The number of hydrogen-bond acceptors (Lipinski definition) is 4. The molecule has 136 valence electrons. The number of rotatable bonds is 5. The van der Waals surface area contributed by atoms with E-state index in [0.29, 0.717) is 38.0 Å². The molecule has 6 heteroatoms. The Morgan fingerprint density at radius 1 is 1.16 bits per heavy atom. The van der Waals surface area contributed by atoms with Crippen LogP contribution in [-0.2, 0) is 20.9 Å². The quantitative estimate of drug-likeness (QED) is 0.827. The summed E-state index contributed by atoms with van der Waals surface area (Å²) in [6.45, 7) is 5.50. The maximum absolute atomic E-state index is 12.3. The van der Waals surface area contributed by atoms with Crippen LogP contribution in [0.4, 0.5) is 0 Å².